The van der Waals surface area contributed by atoms with Crippen LogP contribution in [0.4, 0.5) is 4.39 Å². The summed E-state index contributed by atoms with van der Waals surface area (Å²) >= 11 is 0. The number of nitrogens with one attached hydrogen (secondary N) is 1. The zero-order valence-corrected chi connectivity index (χ0v) is 10.9. The van der Waals surface area contributed by atoms with Crippen molar-refractivity contribution in [3.8, 4) is 0 Å². The Bertz CT molecular complexity index is 424. The number of rotatable bonds is 4. The van der Waals surface area contributed by atoms with E-state index in [1.807, 2.05) is 13.0 Å². The van der Waals surface area contributed by atoms with Gasteiger partial charge in [0.25, 0.3) is 0 Å². The van der Waals surface area contributed by atoms with Crippen LogP contribution in [0.1, 0.15) is 24.5 Å². The topological polar surface area (TPSA) is 41.5 Å². The van der Waals surface area contributed by atoms with Gasteiger partial charge in [-0.25, -0.2) is 4.39 Å². The average Bonchev–Trinajstić information content (AvgIpc) is 2.65. The van der Waals surface area contributed by atoms with Gasteiger partial charge in [0.1, 0.15) is 11.4 Å². The average molecular weight is 253 g/mol. The van der Waals surface area contributed by atoms with Crippen molar-refractivity contribution in [1.29, 1.82) is 0 Å². The van der Waals surface area contributed by atoms with Crippen LogP contribution >= 0.6 is 0 Å². The third kappa shape index (κ3) is 2.88. The second-order valence-electron chi connectivity index (χ2n) is 5.05. The predicted molar refractivity (Wildman–Crippen MR) is 67.8 cm³/mol. The van der Waals surface area contributed by atoms with Crippen LogP contribution in [0.3, 0.4) is 0 Å². The second-order valence-corrected chi connectivity index (χ2v) is 5.05. The molecule has 1 fully saturated rings. The van der Waals surface area contributed by atoms with E-state index >= 15 is 0 Å². The number of ether oxygens (including phenoxy) is 1. The van der Waals surface area contributed by atoms with Gasteiger partial charge in [-0.15, -0.1) is 0 Å². The summed E-state index contributed by atoms with van der Waals surface area (Å²) in [5.74, 6) is -0.185. The van der Waals surface area contributed by atoms with Gasteiger partial charge in [-0.1, -0.05) is 12.1 Å². The first kappa shape index (κ1) is 13.5. The molecule has 2 N–H and O–H groups in total. The van der Waals surface area contributed by atoms with Crippen LogP contribution in [-0.2, 0) is 11.3 Å². The van der Waals surface area contributed by atoms with Gasteiger partial charge in [0, 0.05) is 26.1 Å². The summed E-state index contributed by atoms with van der Waals surface area (Å²) in [7, 11) is 0. The van der Waals surface area contributed by atoms with Crippen molar-refractivity contribution in [3.05, 3.63) is 35.1 Å². The Balaban J connectivity index is 1.86. The van der Waals surface area contributed by atoms with Crippen LogP contribution in [0.15, 0.2) is 18.2 Å². The molecule has 1 aromatic rings. The Morgan fingerprint density at radius 3 is 2.94 bits per heavy atom. The van der Waals surface area contributed by atoms with Gasteiger partial charge in [-0.3, -0.25) is 0 Å². The molecule has 0 aliphatic carbocycles. The van der Waals surface area contributed by atoms with E-state index in [1.165, 1.54) is 6.07 Å². The third-order valence-corrected chi connectivity index (χ3v) is 3.64. The van der Waals surface area contributed by atoms with Crippen molar-refractivity contribution >= 4 is 0 Å². The molecule has 2 rings (SSSR count). The molecule has 0 bridgehead atoms. The number of benzene rings is 1. The van der Waals surface area contributed by atoms with Crippen LogP contribution in [0.5, 0.6) is 0 Å². The number of halogens is 1. The molecule has 18 heavy (non-hydrogen) atoms. The van der Waals surface area contributed by atoms with Gasteiger partial charge in [-0.05, 0) is 31.0 Å². The van der Waals surface area contributed by atoms with Gasteiger partial charge in [-0.2, -0.15) is 0 Å². The van der Waals surface area contributed by atoms with Gasteiger partial charge < -0.3 is 15.2 Å². The molecule has 1 aliphatic heterocycles. The summed E-state index contributed by atoms with van der Waals surface area (Å²) in [6, 6.07) is 5.05. The maximum atomic E-state index is 13.1. The zero-order chi connectivity index (χ0) is 13.2. The van der Waals surface area contributed by atoms with Crippen molar-refractivity contribution in [2.45, 2.75) is 38.5 Å². The molecule has 2 unspecified atom stereocenters. The molecule has 1 aromatic carbocycles. The highest BCUT2D eigenvalue weighted by Crippen LogP contribution is 2.24. The Kier molecular flexibility index (Phi) is 4.00. The highest BCUT2D eigenvalue weighted by atomic mass is 19.1. The Labute approximate surface area is 107 Å². The predicted octanol–water partition coefficient (Wildman–Crippen LogP) is 1.76. The van der Waals surface area contributed by atoms with Gasteiger partial charge in [0.15, 0.2) is 0 Å². The van der Waals surface area contributed by atoms with Gasteiger partial charge in [0.05, 0.1) is 6.10 Å². The van der Waals surface area contributed by atoms with Crippen molar-refractivity contribution in [3.63, 3.8) is 0 Å². The minimum absolute atomic E-state index is 0.139. The molecule has 3 nitrogen and oxygen atoms in total. The molecule has 0 spiro atoms. The summed E-state index contributed by atoms with van der Waals surface area (Å²) < 4.78 is 18.5. The largest absolute Gasteiger partial charge is 0.386 e. The molecular formula is C14H20FNO2. The monoisotopic (exact) mass is 253 g/mol. The number of hydrogen-bond acceptors (Lipinski definition) is 3. The fourth-order valence-corrected chi connectivity index (χ4v) is 2.24. The zero-order valence-electron chi connectivity index (χ0n) is 10.9. The van der Waals surface area contributed by atoms with E-state index < -0.39 is 5.60 Å². The van der Waals surface area contributed by atoms with E-state index in [2.05, 4.69) is 5.32 Å². The lowest BCUT2D eigenvalue weighted by atomic mass is 9.96. The minimum atomic E-state index is -0.783. The van der Waals surface area contributed by atoms with Crippen LogP contribution in [0.2, 0.25) is 0 Å². The summed E-state index contributed by atoms with van der Waals surface area (Å²) in [5.41, 5.74) is 0.879. The van der Waals surface area contributed by atoms with E-state index in [0.29, 0.717) is 31.7 Å². The second kappa shape index (κ2) is 5.34. The first-order valence-corrected chi connectivity index (χ1v) is 6.31. The van der Waals surface area contributed by atoms with Crippen molar-refractivity contribution in [2.75, 3.05) is 13.2 Å². The smallest absolute Gasteiger partial charge is 0.126 e. The summed E-state index contributed by atoms with van der Waals surface area (Å²) in [6.45, 7) is 5.35. The molecule has 1 aliphatic rings. The molecule has 0 aromatic heterocycles. The van der Waals surface area contributed by atoms with Crippen LogP contribution in [-0.4, -0.2) is 30.0 Å². The van der Waals surface area contributed by atoms with E-state index in [9.17, 15) is 9.50 Å². The molecular weight excluding hydrogens is 233 g/mol. The van der Waals surface area contributed by atoms with Gasteiger partial charge in [0.2, 0.25) is 0 Å². The maximum Gasteiger partial charge on any atom is 0.126 e. The summed E-state index contributed by atoms with van der Waals surface area (Å²) in [4.78, 5) is 0. The standard InChI is InChI=1S/C14H20FNO2/c1-10-7-12(3-4-13(10)15)8-16-9-14(17)5-6-18-11(14)2/h3-4,7,11,16-17H,5-6,8-9H2,1-2H3. The van der Waals surface area contributed by atoms with Crippen LogP contribution in [0, 0.1) is 12.7 Å². The lowest BCUT2D eigenvalue weighted by Crippen LogP contribution is -2.45. The molecule has 0 saturated carbocycles. The highest BCUT2D eigenvalue weighted by molar-refractivity contribution is 5.23. The van der Waals surface area contributed by atoms with E-state index in [0.717, 1.165) is 5.56 Å². The molecule has 0 amide bonds. The Morgan fingerprint density at radius 1 is 1.56 bits per heavy atom. The first-order chi connectivity index (χ1) is 8.51. The first-order valence-electron chi connectivity index (χ1n) is 6.31. The molecule has 4 heteroatoms. The lowest BCUT2D eigenvalue weighted by molar-refractivity contribution is -0.0262. The van der Waals surface area contributed by atoms with E-state index in [1.54, 1.807) is 13.0 Å². The fourth-order valence-electron chi connectivity index (χ4n) is 2.24. The molecule has 100 valence electrons. The SMILES string of the molecule is Cc1cc(CNCC2(O)CCOC2C)ccc1F. The summed E-state index contributed by atoms with van der Waals surface area (Å²) in [6.07, 6.45) is 0.517. The molecule has 1 heterocycles. The molecule has 0 radical (unpaired) electrons. The number of aryl methyl sites for hydroxylation is 1. The lowest BCUT2D eigenvalue weighted by Gasteiger charge is -2.26. The number of aliphatic hydroxyl groups is 1. The van der Waals surface area contributed by atoms with Crippen molar-refractivity contribution in [1.82, 2.24) is 5.32 Å². The fraction of sp³-hybridized carbons (Fsp3) is 0.571. The van der Waals surface area contributed by atoms with Crippen molar-refractivity contribution in [2.24, 2.45) is 0 Å². The van der Waals surface area contributed by atoms with Gasteiger partial charge >= 0.3 is 0 Å². The quantitative estimate of drug-likeness (QED) is 0.859. The van der Waals surface area contributed by atoms with Crippen molar-refractivity contribution < 1.29 is 14.2 Å². The molecule has 2 atom stereocenters. The Hall–Kier alpha value is -0.970. The van der Waals surface area contributed by atoms with E-state index in [4.69, 9.17) is 4.74 Å². The van der Waals surface area contributed by atoms with Crippen LogP contribution in [0.25, 0.3) is 0 Å². The highest BCUT2D eigenvalue weighted by Gasteiger charge is 2.38. The third-order valence-electron chi connectivity index (χ3n) is 3.64. The number of hydrogen-bond donors (Lipinski definition) is 2. The summed E-state index contributed by atoms with van der Waals surface area (Å²) in [5, 5.41) is 13.5. The minimum Gasteiger partial charge on any atom is -0.386 e. The van der Waals surface area contributed by atoms with E-state index in [-0.39, 0.29) is 11.9 Å². The molecule has 1 saturated heterocycles. The maximum absolute atomic E-state index is 13.1. The normalized spacial score (nSPS) is 27.7. The Morgan fingerprint density at radius 2 is 2.33 bits per heavy atom. The van der Waals surface area contributed by atoms with Crippen LogP contribution < -0.4 is 5.32 Å².